The minimum absolute atomic E-state index is 0.0217. The van der Waals surface area contributed by atoms with E-state index in [1.54, 1.807) is 58.0 Å². The first kappa shape index (κ1) is 38.9. The van der Waals surface area contributed by atoms with E-state index < -0.39 is 88.3 Å². The molecule has 0 aromatic heterocycles. The molecule has 18 heteroatoms. The highest BCUT2D eigenvalue weighted by atomic mass is 32.2. The van der Waals surface area contributed by atoms with Crippen molar-refractivity contribution in [2.45, 2.75) is 76.3 Å². The fourth-order valence-electron chi connectivity index (χ4n) is 3.84. The number of thioether (sulfide) groups is 1. The van der Waals surface area contributed by atoms with Crippen LogP contribution in [0.5, 0.6) is 0 Å². The number of nitro benzene ring substituents is 2. The van der Waals surface area contributed by atoms with Gasteiger partial charge in [0.15, 0.2) is 0 Å². The summed E-state index contributed by atoms with van der Waals surface area (Å²) in [5.41, 5.74) is -0.399. The first-order valence-electron chi connectivity index (χ1n) is 14.7. The number of ether oxygens (including phenoxy) is 3. The number of nitrogens with one attached hydrogen (secondary N) is 3. The smallest absolute Gasteiger partial charge is 0.408 e. The molecule has 0 fully saturated rings. The summed E-state index contributed by atoms with van der Waals surface area (Å²) in [7, 11) is 0. The molecule has 0 aliphatic heterocycles. The van der Waals surface area contributed by atoms with Gasteiger partial charge in [-0.2, -0.15) is 0 Å². The molecule has 0 heterocycles. The van der Waals surface area contributed by atoms with Gasteiger partial charge in [-0.3, -0.25) is 34.6 Å². The highest BCUT2D eigenvalue weighted by Crippen LogP contribution is 2.32. The summed E-state index contributed by atoms with van der Waals surface area (Å²) in [4.78, 5) is 84.2. The van der Waals surface area contributed by atoms with Crippen molar-refractivity contribution in [1.82, 2.24) is 16.0 Å². The zero-order chi connectivity index (χ0) is 35.8. The van der Waals surface area contributed by atoms with E-state index >= 15 is 0 Å². The molecule has 0 radical (unpaired) electrons. The minimum atomic E-state index is -1.37. The molecule has 1 unspecified atom stereocenters. The zero-order valence-corrected chi connectivity index (χ0v) is 27.5. The lowest BCUT2D eigenvalue weighted by atomic mass is 10.1. The van der Waals surface area contributed by atoms with E-state index in [1.807, 2.05) is 0 Å². The largest absolute Gasteiger partial charge is 0.462 e. The number of amides is 3. The standard InChI is InChI=1S/C30H37N5O12S/c1-18(2)46-27(37)15-31-28(38)23(17-48-25-12-10-21(34(41)42)14-24(25)35(43)44)32-26(36)13-11-22(29(39)47-19(3)4)33-30(40)45-16-20-8-6-5-7-9-20/h5-10,12,14,18-19,22-23H,11,13,15-17H2,1-4H3,(H,31,38)(H,32,36)(H,33,40)/t22?,23-/m0/s1. The van der Waals surface area contributed by atoms with Crippen molar-refractivity contribution in [2.24, 2.45) is 0 Å². The summed E-state index contributed by atoms with van der Waals surface area (Å²) < 4.78 is 15.4. The number of rotatable bonds is 18. The van der Waals surface area contributed by atoms with Crippen LogP contribution >= 0.6 is 11.8 Å². The lowest BCUT2D eigenvalue weighted by molar-refractivity contribution is -0.396. The zero-order valence-electron chi connectivity index (χ0n) is 26.7. The Hall–Kier alpha value is -5.26. The van der Waals surface area contributed by atoms with Crippen LogP contribution in [0.25, 0.3) is 0 Å². The SMILES string of the molecule is CC(C)OC(=O)CNC(=O)[C@H](CSc1ccc([N+](=O)[O-])cc1[N+](=O)[O-])NC(=O)CCC(NC(=O)OCc1ccccc1)C(=O)OC(C)C. The van der Waals surface area contributed by atoms with Gasteiger partial charge in [-0.25, -0.2) is 9.59 Å². The number of nitro groups is 2. The van der Waals surface area contributed by atoms with Crippen LogP contribution < -0.4 is 16.0 Å². The van der Waals surface area contributed by atoms with Crippen LogP contribution in [0.3, 0.4) is 0 Å². The van der Waals surface area contributed by atoms with Gasteiger partial charge in [-0.15, -0.1) is 11.8 Å². The number of alkyl carbamates (subject to hydrolysis) is 1. The third-order valence-electron chi connectivity index (χ3n) is 5.98. The van der Waals surface area contributed by atoms with E-state index in [-0.39, 0.29) is 23.7 Å². The van der Waals surface area contributed by atoms with Gasteiger partial charge in [-0.05, 0) is 45.7 Å². The van der Waals surface area contributed by atoms with Gasteiger partial charge in [0.05, 0.1) is 33.0 Å². The molecule has 17 nitrogen and oxygen atoms in total. The van der Waals surface area contributed by atoms with Crippen molar-refractivity contribution in [3.8, 4) is 0 Å². The van der Waals surface area contributed by atoms with Gasteiger partial charge in [0.1, 0.15) is 25.2 Å². The number of hydrogen-bond acceptors (Lipinski definition) is 13. The Kier molecular flexibility index (Phi) is 15.7. The van der Waals surface area contributed by atoms with Crippen molar-refractivity contribution in [1.29, 1.82) is 0 Å². The molecule has 0 spiro atoms. The van der Waals surface area contributed by atoms with E-state index in [4.69, 9.17) is 14.2 Å². The summed E-state index contributed by atoms with van der Waals surface area (Å²) >= 11 is 0.764. The number of carbonyl (C=O) groups is 5. The first-order valence-corrected chi connectivity index (χ1v) is 15.6. The molecular formula is C30H37N5O12S. The molecule has 0 saturated carbocycles. The summed E-state index contributed by atoms with van der Waals surface area (Å²) in [6, 6.07) is 9.09. The van der Waals surface area contributed by atoms with Crippen molar-refractivity contribution in [3.05, 3.63) is 74.3 Å². The average molecular weight is 692 g/mol. The second kappa shape index (κ2) is 19.4. The van der Waals surface area contributed by atoms with Crippen LogP contribution in [-0.4, -0.2) is 76.3 Å². The maximum atomic E-state index is 13.0. The van der Waals surface area contributed by atoms with Crippen LogP contribution in [-0.2, 0) is 40.0 Å². The molecule has 0 aliphatic carbocycles. The van der Waals surface area contributed by atoms with Crippen LogP contribution in [0.2, 0.25) is 0 Å². The molecule has 0 aliphatic rings. The van der Waals surface area contributed by atoms with E-state index in [9.17, 15) is 44.2 Å². The molecule has 260 valence electrons. The van der Waals surface area contributed by atoms with Gasteiger partial charge in [0.2, 0.25) is 11.8 Å². The Morgan fingerprint density at radius 1 is 0.854 bits per heavy atom. The van der Waals surface area contributed by atoms with Crippen LogP contribution in [0.15, 0.2) is 53.4 Å². The number of benzene rings is 2. The number of nitrogens with zero attached hydrogens (tertiary/aromatic N) is 2. The average Bonchev–Trinajstić information content (AvgIpc) is 3.02. The summed E-state index contributed by atoms with van der Waals surface area (Å²) in [6.45, 7) is 5.80. The molecule has 2 aromatic rings. The summed E-state index contributed by atoms with van der Waals surface area (Å²) in [6.07, 6.45) is -2.57. The maximum Gasteiger partial charge on any atom is 0.408 e. The highest BCUT2D eigenvalue weighted by Gasteiger charge is 2.28. The van der Waals surface area contributed by atoms with Crippen molar-refractivity contribution in [2.75, 3.05) is 12.3 Å². The van der Waals surface area contributed by atoms with Gasteiger partial charge >= 0.3 is 18.0 Å². The van der Waals surface area contributed by atoms with Crippen LogP contribution in [0.4, 0.5) is 16.2 Å². The second-order valence-electron chi connectivity index (χ2n) is 10.6. The number of esters is 2. The van der Waals surface area contributed by atoms with E-state index in [0.29, 0.717) is 5.56 Å². The molecule has 48 heavy (non-hydrogen) atoms. The Balaban J connectivity index is 2.15. The molecule has 0 saturated heterocycles. The normalized spacial score (nSPS) is 12.0. The minimum Gasteiger partial charge on any atom is -0.462 e. The fraction of sp³-hybridized carbons (Fsp3) is 0.433. The lowest BCUT2D eigenvalue weighted by Crippen LogP contribution is -2.50. The van der Waals surface area contributed by atoms with Gasteiger partial charge in [-0.1, -0.05) is 30.3 Å². The fourth-order valence-corrected chi connectivity index (χ4v) is 4.87. The third kappa shape index (κ3) is 14.0. The molecular weight excluding hydrogens is 654 g/mol. The quantitative estimate of drug-likeness (QED) is 0.0670. The van der Waals surface area contributed by atoms with Crippen LogP contribution in [0.1, 0.15) is 46.1 Å². The Bertz CT molecular complexity index is 1470. The first-order chi connectivity index (χ1) is 22.7. The van der Waals surface area contributed by atoms with Crippen LogP contribution in [0, 0.1) is 20.2 Å². The Labute approximate surface area is 279 Å². The van der Waals surface area contributed by atoms with Gasteiger partial charge in [0, 0.05) is 18.2 Å². The van der Waals surface area contributed by atoms with E-state index in [2.05, 4.69) is 16.0 Å². The Morgan fingerprint density at radius 3 is 2.12 bits per heavy atom. The number of non-ortho nitro benzene ring substituents is 1. The lowest BCUT2D eigenvalue weighted by Gasteiger charge is -2.21. The molecule has 0 bridgehead atoms. The van der Waals surface area contributed by atoms with Crippen molar-refractivity contribution >= 4 is 53.0 Å². The molecule has 2 atom stereocenters. The van der Waals surface area contributed by atoms with Gasteiger partial charge < -0.3 is 30.2 Å². The van der Waals surface area contributed by atoms with E-state index in [1.165, 1.54) is 0 Å². The molecule has 2 rings (SSSR count). The third-order valence-corrected chi connectivity index (χ3v) is 7.14. The van der Waals surface area contributed by atoms with E-state index in [0.717, 1.165) is 30.0 Å². The van der Waals surface area contributed by atoms with Crippen molar-refractivity contribution < 1.29 is 48.0 Å². The van der Waals surface area contributed by atoms with Gasteiger partial charge in [0.25, 0.3) is 11.4 Å². The topological polar surface area (TPSA) is 235 Å². The Morgan fingerprint density at radius 2 is 1.52 bits per heavy atom. The molecule has 3 amide bonds. The predicted octanol–water partition coefficient (Wildman–Crippen LogP) is 3.17. The number of carbonyl (C=O) groups excluding carboxylic acids is 5. The molecule has 2 aromatic carbocycles. The molecule has 3 N–H and O–H groups in total. The van der Waals surface area contributed by atoms with Crippen molar-refractivity contribution in [3.63, 3.8) is 0 Å². The second-order valence-corrected chi connectivity index (χ2v) is 11.7. The summed E-state index contributed by atoms with van der Waals surface area (Å²) in [5, 5.41) is 29.9. The number of hydrogen-bond donors (Lipinski definition) is 3. The maximum absolute atomic E-state index is 13.0. The predicted molar refractivity (Wildman–Crippen MR) is 171 cm³/mol. The summed E-state index contributed by atoms with van der Waals surface area (Å²) in [5.74, 6) is -3.45. The monoisotopic (exact) mass is 691 g/mol. The highest BCUT2D eigenvalue weighted by molar-refractivity contribution is 7.99.